The molecule has 3 aromatic carbocycles. The first kappa shape index (κ1) is 26.9. The van der Waals surface area contributed by atoms with Gasteiger partial charge in [-0.1, -0.05) is 50.0 Å². The molecule has 0 aliphatic carbocycles. The number of rotatable bonds is 8. The molecule has 0 aliphatic rings. The Bertz CT molecular complexity index is 1470. The van der Waals surface area contributed by atoms with Crippen LogP contribution in [0.5, 0.6) is 23.0 Å². The van der Waals surface area contributed by atoms with Crippen LogP contribution in [-0.4, -0.2) is 11.9 Å². The van der Waals surface area contributed by atoms with Crippen molar-refractivity contribution in [3.63, 3.8) is 0 Å². The molecule has 0 aromatic heterocycles. The van der Waals surface area contributed by atoms with E-state index < -0.39 is 11.9 Å². The van der Waals surface area contributed by atoms with E-state index in [4.69, 9.17) is 18.9 Å². The van der Waals surface area contributed by atoms with Crippen LogP contribution in [0.1, 0.15) is 22.3 Å². The van der Waals surface area contributed by atoms with E-state index in [0.717, 1.165) is 12.2 Å². The standard InChI is InChI=1S/C32H22O6/c1-5-31(33)37-26-16-11-23(12-17-26)9-10-25-21-29(35-7-3)28(30(22-25)36-8-4)20-15-24-13-18-27(19-14-24)38-32(34)6-2/h5-8,11-14,16-19,21-22H,1-4H2. The van der Waals surface area contributed by atoms with Gasteiger partial charge in [-0.2, -0.15) is 0 Å². The van der Waals surface area contributed by atoms with E-state index in [1.165, 1.54) is 12.5 Å². The average molecular weight is 503 g/mol. The monoisotopic (exact) mass is 502 g/mol. The van der Waals surface area contributed by atoms with Crippen molar-refractivity contribution in [1.29, 1.82) is 0 Å². The molecule has 0 saturated heterocycles. The van der Waals surface area contributed by atoms with E-state index in [9.17, 15) is 9.59 Å². The molecule has 0 amide bonds. The molecule has 6 heteroatoms. The summed E-state index contributed by atoms with van der Waals surface area (Å²) in [5.74, 6) is 12.6. The maximum Gasteiger partial charge on any atom is 0.335 e. The quantitative estimate of drug-likeness (QED) is 0.129. The molecule has 0 atom stereocenters. The van der Waals surface area contributed by atoms with Crippen LogP contribution in [0.25, 0.3) is 0 Å². The normalized spacial score (nSPS) is 9.26. The summed E-state index contributed by atoms with van der Waals surface area (Å²) in [6, 6.07) is 16.8. The van der Waals surface area contributed by atoms with Gasteiger partial charge in [0, 0.05) is 28.8 Å². The first-order valence-corrected chi connectivity index (χ1v) is 11.1. The topological polar surface area (TPSA) is 71.1 Å². The van der Waals surface area contributed by atoms with Gasteiger partial charge in [-0.3, -0.25) is 0 Å². The van der Waals surface area contributed by atoms with Crippen LogP contribution in [0.15, 0.2) is 112 Å². The molecule has 6 nitrogen and oxygen atoms in total. The Kier molecular flexibility index (Phi) is 9.47. The van der Waals surface area contributed by atoms with Crippen molar-refractivity contribution in [3.05, 3.63) is 134 Å². The highest BCUT2D eigenvalue weighted by molar-refractivity contribution is 5.83. The van der Waals surface area contributed by atoms with Crippen LogP contribution in [0, 0.1) is 23.7 Å². The first-order chi connectivity index (χ1) is 18.4. The molecular weight excluding hydrogens is 480 g/mol. The summed E-state index contributed by atoms with van der Waals surface area (Å²) in [5, 5.41) is 0. The molecule has 0 heterocycles. The van der Waals surface area contributed by atoms with Crippen molar-refractivity contribution in [1.82, 2.24) is 0 Å². The molecule has 186 valence electrons. The molecule has 0 saturated carbocycles. The lowest BCUT2D eigenvalue weighted by Gasteiger charge is -2.10. The Morgan fingerprint density at radius 1 is 0.579 bits per heavy atom. The maximum absolute atomic E-state index is 11.3. The van der Waals surface area contributed by atoms with E-state index in [-0.39, 0.29) is 0 Å². The number of hydrogen-bond acceptors (Lipinski definition) is 6. The fraction of sp³-hybridized carbons (Fsp3) is 0. The van der Waals surface area contributed by atoms with Crippen LogP contribution >= 0.6 is 0 Å². The molecule has 38 heavy (non-hydrogen) atoms. The van der Waals surface area contributed by atoms with Gasteiger partial charge >= 0.3 is 11.9 Å². The molecule has 0 spiro atoms. The Morgan fingerprint density at radius 3 is 1.37 bits per heavy atom. The van der Waals surface area contributed by atoms with Crippen molar-refractivity contribution in [2.75, 3.05) is 0 Å². The lowest BCUT2D eigenvalue weighted by molar-refractivity contribution is -0.129. The van der Waals surface area contributed by atoms with E-state index in [0.29, 0.717) is 45.3 Å². The predicted molar refractivity (Wildman–Crippen MR) is 145 cm³/mol. The van der Waals surface area contributed by atoms with Crippen LogP contribution < -0.4 is 18.9 Å². The van der Waals surface area contributed by atoms with Gasteiger partial charge in [-0.05, 0) is 60.7 Å². The van der Waals surface area contributed by atoms with Crippen molar-refractivity contribution in [3.8, 4) is 46.7 Å². The van der Waals surface area contributed by atoms with Crippen LogP contribution in [0.3, 0.4) is 0 Å². The van der Waals surface area contributed by atoms with Gasteiger partial charge in [0.25, 0.3) is 0 Å². The average Bonchev–Trinajstić information content (AvgIpc) is 2.93. The molecule has 3 aromatic rings. The van der Waals surface area contributed by atoms with Crippen molar-refractivity contribution >= 4 is 11.9 Å². The second-order valence-corrected chi connectivity index (χ2v) is 7.22. The Labute approximate surface area is 221 Å². The highest BCUT2D eigenvalue weighted by Gasteiger charge is 2.11. The predicted octanol–water partition coefficient (Wildman–Crippen LogP) is 5.71. The van der Waals surface area contributed by atoms with Crippen molar-refractivity contribution < 1.29 is 28.5 Å². The number of carbonyl (C=O) groups excluding carboxylic acids is 2. The number of esters is 2. The van der Waals surface area contributed by atoms with E-state index in [2.05, 4.69) is 50.0 Å². The number of ether oxygens (including phenoxy) is 4. The van der Waals surface area contributed by atoms with E-state index >= 15 is 0 Å². The Balaban J connectivity index is 1.91. The minimum atomic E-state index is -0.546. The molecule has 0 radical (unpaired) electrons. The second-order valence-electron chi connectivity index (χ2n) is 7.22. The van der Waals surface area contributed by atoms with E-state index in [1.807, 2.05) is 0 Å². The molecule has 0 aliphatic heterocycles. The summed E-state index contributed by atoms with van der Waals surface area (Å²) < 4.78 is 21.3. The molecule has 0 unspecified atom stereocenters. The smallest absolute Gasteiger partial charge is 0.335 e. The molecule has 0 fully saturated rings. The zero-order chi connectivity index (χ0) is 27.3. The molecule has 0 bridgehead atoms. The molecular formula is C32H22O6. The summed E-state index contributed by atoms with van der Waals surface area (Å²) in [5.41, 5.74) is 2.43. The number of benzene rings is 3. The van der Waals surface area contributed by atoms with E-state index in [1.54, 1.807) is 60.7 Å². The summed E-state index contributed by atoms with van der Waals surface area (Å²) in [4.78, 5) is 22.7. The van der Waals surface area contributed by atoms with Crippen molar-refractivity contribution in [2.45, 2.75) is 0 Å². The number of carbonyl (C=O) groups is 2. The highest BCUT2D eigenvalue weighted by Crippen LogP contribution is 2.31. The fourth-order valence-corrected chi connectivity index (χ4v) is 2.96. The fourth-order valence-electron chi connectivity index (χ4n) is 2.96. The first-order valence-electron chi connectivity index (χ1n) is 11.1. The Hall–Kier alpha value is -5.72. The molecule has 3 rings (SSSR count). The summed E-state index contributed by atoms with van der Waals surface area (Å²) in [6.45, 7) is 14.0. The second kappa shape index (κ2) is 13.4. The van der Waals surface area contributed by atoms with Crippen LogP contribution in [0.2, 0.25) is 0 Å². The van der Waals surface area contributed by atoms with Gasteiger partial charge in [0.05, 0.1) is 12.5 Å². The third-order valence-electron chi connectivity index (χ3n) is 4.65. The highest BCUT2D eigenvalue weighted by atomic mass is 16.5. The summed E-state index contributed by atoms with van der Waals surface area (Å²) in [7, 11) is 0. The van der Waals surface area contributed by atoms with Crippen molar-refractivity contribution in [2.24, 2.45) is 0 Å². The van der Waals surface area contributed by atoms with Gasteiger partial charge in [0.1, 0.15) is 28.6 Å². The van der Waals surface area contributed by atoms with Gasteiger partial charge < -0.3 is 18.9 Å². The third kappa shape index (κ3) is 7.64. The zero-order valence-electron chi connectivity index (χ0n) is 20.4. The minimum absolute atomic E-state index is 0.377. The number of hydrogen-bond donors (Lipinski definition) is 0. The van der Waals surface area contributed by atoms with Crippen LogP contribution in [0.4, 0.5) is 0 Å². The Morgan fingerprint density at radius 2 is 0.974 bits per heavy atom. The van der Waals surface area contributed by atoms with Gasteiger partial charge in [0.2, 0.25) is 0 Å². The lowest BCUT2D eigenvalue weighted by atomic mass is 10.1. The van der Waals surface area contributed by atoms with Gasteiger partial charge in [-0.15, -0.1) is 0 Å². The lowest BCUT2D eigenvalue weighted by Crippen LogP contribution is -2.02. The maximum atomic E-state index is 11.3. The SMILES string of the molecule is C=COc1cc(C#Cc2ccc(OC(=O)C=C)cc2)cc(OC=C)c1C#Cc1ccc(OC(=O)C=C)cc1. The van der Waals surface area contributed by atoms with Gasteiger partial charge in [-0.25, -0.2) is 9.59 Å². The summed E-state index contributed by atoms with van der Waals surface area (Å²) >= 11 is 0. The minimum Gasteiger partial charge on any atom is -0.464 e. The zero-order valence-corrected chi connectivity index (χ0v) is 20.4. The summed E-state index contributed by atoms with van der Waals surface area (Å²) in [6.07, 6.45) is 4.74. The third-order valence-corrected chi connectivity index (χ3v) is 4.65. The largest absolute Gasteiger partial charge is 0.464 e. The molecule has 0 N–H and O–H groups in total. The van der Waals surface area contributed by atoms with Crippen LogP contribution in [-0.2, 0) is 9.59 Å². The van der Waals surface area contributed by atoms with Gasteiger partial charge in [0.15, 0.2) is 0 Å².